The van der Waals surface area contributed by atoms with Crippen molar-refractivity contribution < 1.29 is 19.1 Å². The van der Waals surface area contributed by atoms with Crippen molar-refractivity contribution in [1.29, 1.82) is 5.26 Å². The van der Waals surface area contributed by atoms with Gasteiger partial charge in [-0.2, -0.15) is 5.26 Å². The van der Waals surface area contributed by atoms with Gasteiger partial charge in [-0.15, -0.1) is 0 Å². The van der Waals surface area contributed by atoms with E-state index in [9.17, 15) is 14.4 Å². The second-order valence-electron chi connectivity index (χ2n) is 7.04. The first kappa shape index (κ1) is 19.3. The zero-order chi connectivity index (χ0) is 21.1. The van der Waals surface area contributed by atoms with Crippen LogP contribution < -0.4 is 0 Å². The van der Waals surface area contributed by atoms with E-state index in [2.05, 4.69) is 0 Å². The quantitative estimate of drug-likeness (QED) is 0.465. The van der Waals surface area contributed by atoms with Gasteiger partial charge in [-0.3, -0.25) is 19.3 Å². The second-order valence-corrected chi connectivity index (χ2v) is 7.04. The maximum Gasteiger partial charge on any atom is 0.306 e. The Morgan fingerprint density at radius 2 is 1.57 bits per heavy atom. The maximum absolute atomic E-state index is 12.8. The Morgan fingerprint density at radius 3 is 2.17 bits per heavy atom. The van der Waals surface area contributed by atoms with E-state index in [-0.39, 0.29) is 31.4 Å². The molecule has 0 spiro atoms. The largest absolute Gasteiger partial charge is 0.461 e. The van der Waals surface area contributed by atoms with Gasteiger partial charge in [-0.1, -0.05) is 36.4 Å². The first-order valence-corrected chi connectivity index (χ1v) is 9.61. The monoisotopic (exact) mass is 398 g/mol. The van der Waals surface area contributed by atoms with Crippen LogP contribution in [0.1, 0.15) is 44.7 Å². The molecule has 0 aliphatic carbocycles. The molecule has 2 amide bonds. The summed E-state index contributed by atoms with van der Waals surface area (Å²) in [6.07, 6.45) is 0.418. The molecule has 6 heteroatoms. The van der Waals surface area contributed by atoms with Crippen molar-refractivity contribution in [3.05, 3.63) is 82.9 Å². The van der Waals surface area contributed by atoms with E-state index in [1.165, 1.54) is 4.90 Å². The summed E-state index contributed by atoms with van der Waals surface area (Å²) in [6.45, 7) is 0.260. The summed E-state index contributed by atoms with van der Waals surface area (Å²) in [7, 11) is 0. The Bertz CT molecular complexity index is 1140. The number of carbonyl (C=O) groups is 3. The average molecular weight is 398 g/mol. The third kappa shape index (κ3) is 3.65. The minimum absolute atomic E-state index is 0.0964. The topological polar surface area (TPSA) is 87.5 Å². The van der Waals surface area contributed by atoms with Gasteiger partial charge in [0.15, 0.2) is 0 Å². The summed E-state index contributed by atoms with van der Waals surface area (Å²) < 4.78 is 5.24. The highest BCUT2D eigenvalue weighted by Crippen LogP contribution is 2.30. The van der Waals surface area contributed by atoms with Gasteiger partial charge in [0.05, 0.1) is 11.6 Å². The Labute approximate surface area is 173 Å². The molecule has 0 fully saturated rings. The summed E-state index contributed by atoms with van der Waals surface area (Å²) in [6, 6.07) is 19.6. The molecule has 1 aliphatic heterocycles. The van der Waals surface area contributed by atoms with Gasteiger partial charge in [0.2, 0.25) is 0 Å². The number of hydrogen-bond acceptors (Lipinski definition) is 5. The smallest absolute Gasteiger partial charge is 0.306 e. The van der Waals surface area contributed by atoms with Crippen molar-refractivity contribution in [2.24, 2.45) is 0 Å². The number of carbonyl (C=O) groups excluding carboxylic acids is 3. The Balaban J connectivity index is 1.35. The van der Waals surface area contributed by atoms with Crippen molar-refractivity contribution in [2.45, 2.75) is 19.4 Å². The predicted molar refractivity (Wildman–Crippen MR) is 110 cm³/mol. The average Bonchev–Trinajstić information content (AvgIpc) is 2.78. The van der Waals surface area contributed by atoms with Gasteiger partial charge in [-0.05, 0) is 41.6 Å². The molecule has 0 aromatic heterocycles. The van der Waals surface area contributed by atoms with E-state index in [4.69, 9.17) is 10.00 Å². The number of ether oxygens (including phenoxy) is 1. The lowest BCUT2D eigenvalue weighted by Crippen LogP contribution is -2.41. The number of imide groups is 1. The fourth-order valence-electron chi connectivity index (χ4n) is 3.58. The summed E-state index contributed by atoms with van der Waals surface area (Å²) in [5.74, 6) is -1.08. The molecule has 0 bridgehead atoms. The molecule has 4 rings (SSSR count). The van der Waals surface area contributed by atoms with E-state index in [0.717, 1.165) is 10.9 Å². The highest BCUT2D eigenvalue weighted by molar-refractivity contribution is 6.25. The van der Waals surface area contributed by atoms with Gasteiger partial charge < -0.3 is 4.74 Å². The van der Waals surface area contributed by atoms with Crippen LogP contribution in [0.3, 0.4) is 0 Å². The molecule has 3 aromatic carbocycles. The highest BCUT2D eigenvalue weighted by Gasteiger charge is 2.32. The molecule has 1 heterocycles. The molecule has 0 saturated heterocycles. The van der Waals surface area contributed by atoms with Crippen LogP contribution in [0, 0.1) is 11.3 Å². The van der Waals surface area contributed by atoms with E-state index < -0.39 is 5.97 Å². The number of hydrogen-bond donors (Lipinski definition) is 0. The molecule has 0 unspecified atom stereocenters. The summed E-state index contributed by atoms with van der Waals surface area (Å²) in [5, 5.41) is 10.3. The second kappa shape index (κ2) is 8.18. The lowest BCUT2D eigenvalue weighted by Gasteiger charge is -2.27. The van der Waals surface area contributed by atoms with Gasteiger partial charge in [0.1, 0.15) is 6.61 Å². The van der Waals surface area contributed by atoms with Crippen LogP contribution in [0.4, 0.5) is 0 Å². The standard InChI is InChI=1S/C24H18N2O4/c25-14-16-9-11-17(12-10-16)15-30-21(27)8-3-13-26-23(28)19-6-1-4-18-5-2-7-20(22(18)19)24(26)29/h1-2,4-7,9-12H,3,8,13,15H2. The molecule has 1 aliphatic rings. The van der Waals surface area contributed by atoms with Gasteiger partial charge in [0, 0.05) is 29.5 Å². The van der Waals surface area contributed by atoms with E-state index in [1.807, 2.05) is 18.2 Å². The normalized spacial score (nSPS) is 12.7. The molecule has 30 heavy (non-hydrogen) atoms. The maximum atomic E-state index is 12.8. The highest BCUT2D eigenvalue weighted by atomic mass is 16.5. The molecule has 0 saturated carbocycles. The van der Waals surface area contributed by atoms with Crippen LogP contribution in [0.2, 0.25) is 0 Å². The molecule has 0 radical (unpaired) electrons. The number of amides is 2. The minimum atomic E-state index is -0.404. The van der Waals surface area contributed by atoms with Crippen molar-refractivity contribution in [2.75, 3.05) is 6.54 Å². The van der Waals surface area contributed by atoms with E-state index in [1.54, 1.807) is 48.5 Å². The summed E-state index contributed by atoms with van der Waals surface area (Å²) in [4.78, 5) is 38.9. The zero-order valence-corrected chi connectivity index (χ0v) is 16.1. The number of rotatable bonds is 6. The third-order valence-electron chi connectivity index (χ3n) is 5.10. The van der Waals surface area contributed by atoms with Crippen LogP contribution in [0.15, 0.2) is 60.7 Å². The summed E-state index contributed by atoms with van der Waals surface area (Å²) in [5.41, 5.74) is 2.34. The predicted octanol–water partition coefficient (Wildman–Crippen LogP) is 3.83. The lowest BCUT2D eigenvalue weighted by atomic mass is 9.94. The molecular weight excluding hydrogens is 380 g/mol. The van der Waals surface area contributed by atoms with E-state index >= 15 is 0 Å². The van der Waals surface area contributed by atoms with Crippen molar-refractivity contribution in [1.82, 2.24) is 4.90 Å². The van der Waals surface area contributed by atoms with Crippen LogP contribution in [-0.4, -0.2) is 29.2 Å². The van der Waals surface area contributed by atoms with Gasteiger partial charge in [-0.25, -0.2) is 0 Å². The Kier molecular flexibility index (Phi) is 5.27. The minimum Gasteiger partial charge on any atom is -0.461 e. The van der Waals surface area contributed by atoms with Crippen LogP contribution >= 0.6 is 0 Å². The van der Waals surface area contributed by atoms with Gasteiger partial charge >= 0.3 is 5.97 Å². The SMILES string of the molecule is N#Cc1ccc(COC(=O)CCCN2C(=O)c3cccc4cccc(c34)C2=O)cc1. The molecule has 3 aromatic rings. The number of nitriles is 1. The third-order valence-corrected chi connectivity index (χ3v) is 5.10. The number of benzene rings is 3. The molecule has 0 atom stereocenters. The Morgan fingerprint density at radius 1 is 0.933 bits per heavy atom. The zero-order valence-electron chi connectivity index (χ0n) is 16.1. The van der Waals surface area contributed by atoms with Crippen molar-refractivity contribution in [3.63, 3.8) is 0 Å². The van der Waals surface area contributed by atoms with Crippen LogP contribution in [0.5, 0.6) is 0 Å². The fourth-order valence-corrected chi connectivity index (χ4v) is 3.58. The first-order valence-electron chi connectivity index (χ1n) is 9.61. The van der Waals surface area contributed by atoms with E-state index in [0.29, 0.717) is 28.5 Å². The molecule has 6 nitrogen and oxygen atoms in total. The number of esters is 1. The lowest BCUT2D eigenvalue weighted by molar-refractivity contribution is -0.145. The molecule has 148 valence electrons. The van der Waals surface area contributed by atoms with Crippen molar-refractivity contribution >= 4 is 28.6 Å². The molecule has 0 N–H and O–H groups in total. The summed E-state index contributed by atoms with van der Waals surface area (Å²) >= 11 is 0. The van der Waals surface area contributed by atoms with Crippen molar-refractivity contribution in [3.8, 4) is 6.07 Å². The fraction of sp³-hybridized carbons (Fsp3) is 0.167. The van der Waals surface area contributed by atoms with Gasteiger partial charge in [0.25, 0.3) is 11.8 Å². The Hall–Kier alpha value is -3.98. The molecular formula is C24H18N2O4. The first-order chi connectivity index (χ1) is 14.6. The van der Waals surface area contributed by atoms with Crippen LogP contribution in [0.25, 0.3) is 10.8 Å². The van der Waals surface area contributed by atoms with Crippen LogP contribution in [-0.2, 0) is 16.1 Å². The number of nitrogens with zero attached hydrogens (tertiary/aromatic N) is 2.